The minimum absolute atomic E-state index is 0.657. The molecule has 12 heavy (non-hydrogen) atoms. The van der Waals surface area contributed by atoms with E-state index in [2.05, 4.69) is 29.6 Å². The number of hydrogen-bond donors (Lipinski definition) is 2. The van der Waals surface area contributed by atoms with E-state index in [4.69, 9.17) is 12.2 Å². The molecular formula is C8H17N3S. The molecule has 0 amide bonds. The highest BCUT2D eigenvalue weighted by Crippen LogP contribution is 2.18. The molecule has 0 radical (unpaired) electrons. The first-order valence-electron chi connectivity index (χ1n) is 4.37. The Balaban J connectivity index is 1.94. The highest BCUT2D eigenvalue weighted by Gasteiger charge is 2.21. The summed E-state index contributed by atoms with van der Waals surface area (Å²) in [5, 5.41) is 7.20. The van der Waals surface area contributed by atoms with Crippen molar-refractivity contribution in [2.45, 2.75) is 18.9 Å². The number of nitrogens with one attached hydrogen (secondary N) is 2. The summed E-state index contributed by atoms with van der Waals surface area (Å²) in [6, 6.07) is 0.657. The average molecular weight is 187 g/mol. The van der Waals surface area contributed by atoms with Crippen LogP contribution >= 0.6 is 12.2 Å². The largest absolute Gasteiger partial charge is 0.361 e. The van der Waals surface area contributed by atoms with Crippen LogP contribution in [0.5, 0.6) is 0 Å². The van der Waals surface area contributed by atoms with Gasteiger partial charge in [-0.3, -0.25) is 0 Å². The zero-order valence-corrected chi connectivity index (χ0v) is 8.58. The second-order valence-electron chi connectivity index (χ2n) is 3.48. The van der Waals surface area contributed by atoms with Gasteiger partial charge in [0.2, 0.25) is 0 Å². The van der Waals surface area contributed by atoms with E-state index in [9.17, 15) is 0 Å². The molecule has 0 bridgehead atoms. The molecule has 0 aromatic rings. The first kappa shape index (κ1) is 9.74. The molecule has 0 aromatic heterocycles. The van der Waals surface area contributed by atoms with Gasteiger partial charge >= 0.3 is 0 Å². The molecule has 0 unspecified atom stereocenters. The van der Waals surface area contributed by atoms with Crippen LogP contribution in [0.2, 0.25) is 0 Å². The van der Waals surface area contributed by atoms with E-state index in [1.807, 2.05) is 0 Å². The van der Waals surface area contributed by atoms with Gasteiger partial charge in [-0.1, -0.05) is 0 Å². The van der Waals surface area contributed by atoms with Crippen LogP contribution < -0.4 is 10.6 Å². The summed E-state index contributed by atoms with van der Waals surface area (Å²) >= 11 is 5.08. The van der Waals surface area contributed by atoms with Crippen LogP contribution in [0.25, 0.3) is 0 Å². The number of nitrogens with zero attached hydrogens (tertiary/aromatic N) is 1. The Morgan fingerprint density at radius 1 is 1.50 bits per heavy atom. The van der Waals surface area contributed by atoms with Crippen LogP contribution in [0.3, 0.4) is 0 Å². The summed E-state index contributed by atoms with van der Waals surface area (Å²) in [7, 11) is 4.11. The lowest BCUT2D eigenvalue weighted by Gasteiger charge is -2.12. The zero-order chi connectivity index (χ0) is 8.97. The van der Waals surface area contributed by atoms with Crippen molar-refractivity contribution in [1.82, 2.24) is 15.5 Å². The summed E-state index contributed by atoms with van der Waals surface area (Å²) in [5.74, 6) is 0. The normalized spacial score (nSPS) is 16.2. The van der Waals surface area contributed by atoms with Crippen molar-refractivity contribution in [2.75, 3.05) is 27.2 Å². The Hall–Kier alpha value is -0.350. The van der Waals surface area contributed by atoms with Crippen molar-refractivity contribution in [1.29, 1.82) is 0 Å². The summed E-state index contributed by atoms with van der Waals surface area (Å²) in [5.41, 5.74) is 0. The molecule has 1 fully saturated rings. The van der Waals surface area contributed by atoms with E-state index >= 15 is 0 Å². The zero-order valence-electron chi connectivity index (χ0n) is 7.76. The van der Waals surface area contributed by atoms with Gasteiger partial charge in [-0.05, 0) is 39.2 Å². The van der Waals surface area contributed by atoms with Crippen LogP contribution in [0.4, 0.5) is 0 Å². The average Bonchev–Trinajstić information content (AvgIpc) is 2.70. The van der Waals surface area contributed by atoms with Crippen molar-refractivity contribution >= 4 is 17.3 Å². The molecule has 0 aromatic carbocycles. The third-order valence-corrected chi connectivity index (χ3v) is 2.02. The standard InChI is InChI=1S/C8H17N3S/c1-11(2)6-5-9-8(12)10-7-3-4-7/h7H,3-6H2,1-2H3,(H2,9,10,12). The molecular weight excluding hydrogens is 170 g/mol. The van der Waals surface area contributed by atoms with Crippen LogP contribution in [0.1, 0.15) is 12.8 Å². The molecule has 4 heteroatoms. The maximum atomic E-state index is 5.08. The van der Waals surface area contributed by atoms with Gasteiger partial charge in [0.05, 0.1) is 0 Å². The van der Waals surface area contributed by atoms with E-state index in [-0.39, 0.29) is 0 Å². The van der Waals surface area contributed by atoms with Gasteiger partial charge in [-0.15, -0.1) is 0 Å². The van der Waals surface area contributed by atoms with Crippen LogP contribution in [0.15, 0.2) is 0 Å². The Morgan fingerprint density at radius 2 is 2.17 bits per heavy atom. The van der Waals surface area contributed by atoms with Crippen LogP contribution in [-0.4, -0.2) is 43.2 Å². The minimum atomic E-state index is 0.657. The summed E-state index contributed by atoms with van der Waals surface area (Å²) in [4.78, 5) is 2.13. The Kier molecular flexibility index (Phi) is 3.75. The van der Waals surface area contributed by atoms with Crippen LogP contribution in [0, 0.1) is 0 Å². The van der Waals surface area contributed by atoms with Gasteiger partial charge in [0, 0.05) is 19.1 Å². The molecule has 2 N–H and O–H groups in total. The molecule has 70 valence electrons. The molecule has 1 saturated carbocycles. The number of rotatable bonds is 4. The molecule has 1 aliphatic rings. The first-order valence-corrected chi connectivity index (χ1v) is 4.78. The van der Waals surface area contributed by atoms with Crippen molar-refractivity contribution in [3.8, 4) is 0 Å². The van der Waals surface area contributed by atoms with E-state index < -0.39 is 0 Å². The van der Waals surface area contributed by atoms with Gasteiger partial charge in [0.25, 0.3) is 0 Å². The number of likely N-dealkylation sites (N-methyl/N-ethyl adjacent to an activating group) is 1. The second-order valence-corrected chi connectivity index (χ2v) is 3.89. The lowest BCUT2D eigenvalue weighted by atomic mass is 10.6. The summed E-state index contributed by atoms with van der Waals surface area (Å²) in [6.45, 7) is 1.94. The Morgan fingerprint density at radius 3 is 2.67 bits per heavy atom. The van der Waals surface area contributed by atoms with Gasteiger partial charge in [0.15, 0.2) is 5.11 Å². The molecule has 0 saturated heterocycles. The summed E-state index contributed by atoms with van der Waals surface area (Å²) < 4.78 is 0. The SMILES string of the molecule is CN(C)CCNC(=S)NC1CC1. The lowest BCUT2D eigenvalue weighted by molar-refractivity contribution is 0.412. The lowest BCUT2D eigenvalue weighted by Crippen LogP contribution is -2.39. The van der Waals surface area contributed by atoms with E-state index in [0.29, 0.717) is 6.04 Å². The van der Waals surface area contributed by atoms with E-state index in [1.165, 1.54) is 12.8 Å². The molecule has 0 aliphatic heterocycles. The molecule has 0 atom stereocenters. The fraction of sp³-hybridized carbons (Fsp3) is 0.875. The topological polar surface area (TPSA) is 27.3 Å². The number of hydrogen-bond acceptors (Lipinski definition) is 2. The quantitative estimate of drug-likeness (QED) is 0.614. The predicted octanol–water partition coefficient (Wildman–Crippen LogP) is 0.174. The summed E-state index contributed by atoms with van der Waals surface area (Å²) in [6.07, 6.45) is 2.55. The minimum Gasteiger partial charge on any atom is -0.361 e. The van der Waals surface area contributed by atoms with Crippen molar-refractivity contribution in [2.24, 2.45) is 0 Å². The highest BCUT2D eigenvalue weighted by atomic mass is 32.1. The fourth-order valence-electron chi connectivity index (χ4n) is 0.857. The van der Waals surface area contributed by atoms with Crippen molar-refractivity contribution < 1.29 is 0 Å². The molecule has 0 spiro atoms. The van der Waals surface area contributed by atoms with Crippen molar-refractivity contribution in [3.05, 3.63) is 0 Å². The van der Waals surface area contributed by atoms with Crippen LogP contribution in [-0.2, 0) is 0 Å². The Labute approximate surface area is 79.5 Å². The van der Waals surface area contributed by atoms with E-state index in [1.54, 1.807) is 0 Å². The van der Waals surface area contributed by atoms with Gasteiger partial charge < -0.3 is 15.5 Å². The molecule has 1 aliphatic carbocycles. The van der Waals surface area contributed by atoms with Gasteiger partial charge in [-0.25, -0.2) is 0 Å². The maximum Gasteiger partial charge on any atom is 0.166 e. The predicted molar refractivity (Wildman–Crippen MR) is 55.3 cm³/mol. The highest BCUT2D eigenvalue weighted by molar-refractivity contribution is 7.80. The van der Waals surface area contributed by atoms with Gasteiger partial charge in [-0.2, -0.15) is 0 Å². The third-order valence-electron chi connectivity index (χ3n) is 1.76. The number of thiocarbonyl (C=S) groups is 1. The van der Waals surface area contributed by atoms with Crippen molar-refractivity contribution in [3.63, 3.8) is 0 Å². The van der Waals surface area contributed by atoms with Gasteiger partial charge in [0.1, 0.15) is 0 Å². The van der Waals surface area contributed by atoms with E-state index in [0.717, 1.165) is 18.2 Å². The smallest absolute Gasteiger partial charge is 0.166 e. The Bertz CT molecular complexity index is 154. The monoisotopic (exact) mass is 187 g/mol. The maximum absolute atomic E-state index is 5.08. The molecule has 1 rings (SSSR count). The third kappa shape index (κ3) is 4.51. The second kappa shape index (κ2) is 4.62. The molecule has 0 heterocycles. The fourth-order valence-corrected chi connectivity index (χ4v) is 1.13. The first-order chi connectivity index (χ1) is 5.68. The molecule has 3 nitrogen and oxygen atoms in total.